The zero-order valence-corrected chi connectivity index (χ0v) is 7.59. The van der Waals surface area contributed by atoms with Gasteiger partial charge < -0.3 is 10.2 Å². The van der Waals surface area contributed by atoms with Gasteiger partial charge in [0.1, 0.15) is 0 Å². The van der Waals surface area contributed by atoms with Crippen LogP contribution in [-0.4, -0.2) is 22.2 Å². The van der Waals surface area contributed by atoms with E-state index < -0.39 is 23.8 Å². The van der Waals surface area contributed by atoms with E-state index in [0.29, 0.717) is 0 Å². The predicted molar refractivity (Wildman–Crippen MR) is 47.6 cm³/mol. The number of carboxylic acids is 2. The minimum Gasteiger partial charge on any atom is -0.481 e. The first-order valence-electron chi connectivity index (χ1n) is 4.75. The summed E-state index contributed by atoms with van der Waals surface area (Å²) in [6.07, 6.45) is 5.35. The first kappa shape index (κ1) is 9.24. The lowest BCUT2D eigenvalue weighted by Crippen LogP contribution is -2.45. The Morgan fingerprint density at radius 3 is 1.50 bits per heavy atom. The molecule has 0 aromatic carbocycles. The molecule has 1 fully saturated rings. The van der Waals surface area contributed by atoms with E-state index in [1.54, 1.807) is 0 Å². The van der Waals surface area contributed by atoms with E-state index in [1.165, 1.54) is 0 Å². The van der Waals surface area contributed by atoms with Gasteiger partial charge in [-0.15, -0.1) is 0 Å². The maximum Gasteiger partial charge on any atom is 0.307 e. The highest BCUT2D eigenvalue weighted by atomic mass is 16.4. The lowest BCUT2D eigenvalue weighted by molar-refractivity contribution is -0.160. The quantitative estimate of drug-likeness (QED) is 0.646. The molecule has 76 valence electrons. The summed E-state index contributed by atoms with van der Waals surface area (Å²) in [6.45, 7) is 0. The van der Waals surface area contributed by atoms with E-state index in [4.69, 9.17) is 10.2 Å². The molecular weight excluding hydrogens is 184 g/mol. The van der Waals surface area contributed by atoms with Crippen molar-refractivity contribution in [1.82, 2.24) is 0 Å². The van der Waals surface area contributed by atoms with E-state index in [0.717, 1.165) is 12.8 Å². The number of carboxylic acid groups (broad SMARTS) is 2. The standard InChI is InChI=1S/C10H12O4/c11-9(12)7-5-1-2-6(4-3-5)8(7)10(13)14/h1-2,5-8H,3-4H2,(H,11,12)(H,13,14)/t5-,6+,7+,8-. The Morgan fingerprint density at radius 2 is 1.29 bits per heavy atom. The van der Waals surface area contributed by atoms with Gasteiger partial charge in [-0.25, -0.2) is 0 Å². The van der Waals surface area contributed by atoms with Crippen molar-refractivity contribution in [2.45, 2.75) is 12.8 Å². The van der Waals surface area contributed by atoms with Crippen molar-refractivity contribution in [2.24, 2.45) is 23.7 Å². The van der Waals surface area contributed by atoms with Crippen molar-refractivity contribution in [3.63, 3.8) is 0 Å². The maximum absolute atomic E-state index is 11.0. The first-order chi connectivity index (χ1) is 6.61. The van der Waals surface area contributed by atoms with Gasteiger partial charge in [0.2, 0.25) is 0 Å². The van der Waals surface area contributed by atoms with Crippen LogP contribution < -0.4 is 0 Å². The second-order valence-electron chi connectivity index (χ2n) is 4.02. The van der Waals surface area contributed by atoms with Gasteiger partial charge in [0.25, 0.3) is 0 Å². The molecule has 14 heavy (non-hydrogen) atoms. The minimum atomic E-state index is -0.976. The fourth-order valence-electron chi connectivity index (χ4n) is 2.67. The molecule has 4 nitrogen and oxygen atoms in total. The maximum atomic E-state index is 11.0. The third-order valence-corrected chi connectivity index (χ3v) is 3.32. The molecule has 3 aliphatic carbocycles. The molecule has 3 rings (SSSR count). The van der Waals surface area contributed by atoms with Gasteiger partial charge in [0.15, 0.2) is 0 Å². The van der Waals surface area contributed by atoms with Crippen LogP contribution in [0.5, 0.6) is 0 Å². The fourth-order valence-corrected chi connectivity index (χ4v) is 2.67. The molecule has 1 saturated carbocycles. The lowest BCUT2D eigenvalue weighted by atomic mass is 9.62. The van der Waals surface area contributed by atoms with Crippen molar-refractivity contribution in [1.29, 1.82) is 0 Å². The van der Waals surface area contributed by atoms with Gasteiger partial charge in [-0.2, -0.15) is 0 Å². The van der Waals surface area contributed by atoms with Crippen LogP contribution in [0, 0.1) is 23.7 Å². The molecular formula is C10H12O4. The second kappa shape index (κ2) is 3.12. The Kier molecular flexibility index (Phi) is 2.06. The van der Waals surface area contributed by atoms with Crippen LogP contribution >= 0.6 is 0 Å². The third kappa shape index (κ3) is 1.22. The molecule has 0 heterocycles. The first-order valence-corrected chi connectivity index (χ1v) is 4.75. The molecule has 0 saturated heterocycles. The monoisotopic (exact) mass is 196 g/mol. The fraction of sp³-hybridized carbons (Fsp3) is 0.600. The molecule has 2 N–H and O–H groups in total. The van der Waals surface area contributed by atoms with E-state index in [9.17, 15) is 9.59 Å². The van der Waals surface area contributed by atoms with Crippen LogP contribution in [0.4, 0.5) is 0 Å². The van der Waals surface area contributed by atoms with Gasteiger partial charge in [-0.05, 0) is 24.7 Å². The molecule has 0 aromatic rings. The molecule has 0 radical (unpaired) electrons. The number of fused-ring (bicyclic) bond motifs is 2. The van der Waals surface area contributed by atoms with Gasteiger partial charge >= 0.3 is 11.9 Å². The van der Waals surface area contributed by atoms with E-state index in [2.05, 4.69) is 0 Å². The molecule has 0 unspecified atom stereocenters. The summed E-state index contributed by atoms with van der Waals surface area (Å²) in [7, 11) is 0. The van der Waals surface area contributed by atoms with E-state index in [-0.39, 0.29) is 11.8 Å². The lowest BCUT2D eigenvalue weighted by Gasteiger charge is -2.40. The van der Waals surface area contributed by atoms with Crippen LogP contribution in [0.2, 0.25) is 0 Å². The minimum absolute atomic E-state index is 0.0846. The smallest absolute Gasteiger partial charge is 0.307 e. The van der Waals surface area contributed by atoms with Crippen molar-refractivity contribution >= 4 is 11.9 Å². The number of carbonyl (C=O) groups is 2. The van der Waals surface area contributed by atoms with Crippen LogP contribution in [0.3, 0.4) is 0 Å². The number of allylic oxidation sites excluding steroid dienone is 2. The molecule has 2 bridgehead atoms. The van der Waals surface area contributed by atoms with Crippen molar-refractivity contribution in [2.75, 3.05) is 0 Å². The van der Waals surface area contributed by atoms with Crippen LogP contribution in [0.1, 0.15) is 12.8 Å². The Hall–Kier alpha value is -1.32. The normalized spacial score (nSPS) is 39.7. The van der Waals surface area contributed by atoms with Crippen LogP contribution in [0.25, 0.3) is 0 Å². The average Bonchev–Trinajstić information content (AvgIpc) is 2.17. The molecule has 0 aliphatic heterocycles. The summed E-state index contributed by atoms with van der Waals surface area (Å²) in [5, 5.41) is 18.0. The van der Waals surface area contributed by atoms with Crippen LogP contribution in [-0.2, 0) is 9.59 Å². The highest BCUT2D eigenvalue weighted by Gasteiger charge is 2.48. The van der Waals surface area contributed by atoms with Crippen LogP contribution in [0.15, 0.2) is 12.2 Å². The summed E-state index contributed by atoms with van der Waals surface area (Å²) in [5.74, 6) is -3.57. The summed E-state index contributed by atoms with van der Waals surface area (Å²) < 4.78 is 0. The van der Waals surface area contributed by atoms with Gasteiger partial charge in [0, 0.05) is 0 Å². The summed E-state index contributed by atoms with van der Waals surface area (Å²) in [6, 6.07) is 0. The molecule has 0 amide bonds. The summed E-state index contributed by atoms with van der Waals surface area (Å²) >= 11 is 0. The Morgan fingerprint density at radius 1 is 0.929 bits per heavy atom. The van der Waals surface area contributed by atoms with E-state index >= 15 is 0 Å². The Labute approximate surface area is 81.2 Å². The van der Waals surface area contributed by atoms with Crippen molar-refractivity contribution in [3.8, 4) is 0 Å². The third-order valence-electron chi connectivity index (χ3n) is 3.32. The number of hydrogen-bond acceptors (Lipinski definition) is 2. The van der Waals surface area contributed by atoms with Gasteiger partial charge in [0.05, 0.1) is 11.8 Å². The predicted octanol–water partition coefficient (Wildman–Crippen LogP) is 0.984. The number of aliphatic carboxylic acids is 2. The molecule has 4 heteroatoms. The number of hydrogen-bond donors (Lipinski definition) is 2. The van der Waals surface area contributed by atoms with Crippen molar-refractivity contribution in [3.05, 3.63) is 12.2 Å². The van der Waals surface area contributed by atoms with Crippen molar-refractivity contribution < 1.29 is 19.8 Å². The highest BCUT2D eigenvalue weighted by molar-refractivity contribution is 5.81. The highest BCUT2D eigenvalue weighted by Crippen LogP contribution is 2.44. The summed E-state index contributed by atoms with van der Waals surface area (Å²) in [4.78, 5) is 21.9. The molecule has 3 aliphatic rings. The van der Waals surface area contributed by atoms with Gasteiger partial charge in [-0.3, -0.25) is 9.59 Å². The average molecular weight is 196 g/mol. The zero-order valence-electron chi connectivity index (χ0n) is 7.59. The van der Waals surface area contributed by atoms with Gasteiger partial charge in [-0.1, -0.05) is 12.2 Å². The molecule has 0 aromatic heterocycles. The SMILES string of the molecule is O=C(O)[C@@H]1[C@H](C(=O)O)[C@H]2C=C[C@@H]1CC2. The largest absolute Gasteiger partial charge is 0.481 e. The zero-order chi connectivity index (χ0) is 10.3. The van der Waals surface area contributed by atoms with E-state index in [1.807, 2.05) is 12.2 Å². The second-order valence-corrected chi connectivity index (χ2v) is 4.02. The molecule has 0 spiro atoms. The topological polar surface area (TPSA) is 74.6 Å². The Bertz CT molecular complexity index is 277. The summed E-state index contributed by atoms with van der Waals surface area (Å²) in [5.41, 5.74) is 0. The number of rotatable bonds is 2. The molecule has 4 atom stereocenters. The Balaban J connectivity index is 2.33.